The Bertz CT molecular complexity index is 505. The molecule has 0 atom stereocenters. The molecule has 0 unspecified atom stereocenters. The molecule has 0 bridgehead atoms. The van der Waals surface area contributed by atoms with Gasteiger partial charge in [0, 0.05) is 18.7 Å². The number of imidazole rings is 1. The first-order valence-corrected chi connectivity index (χ1v) is 5.98. The summed E-state index contributed by atoms with van der Waals surface area (Å²) in [5.41, 5.74) is 1.82. The van der Waals surface area contributed by atoms with E-state index in [1.54, 1.807) is 13.3 Å². The smallest absolute Gasteiger partial charge is 0.232 e. The van der Waals surface area contributed by atoms with Crippen molar-refractivity contribution in [1.29, 1.82) is 0 Å². The molecule has 2 N–H and O–H groups in total. The van der Waals surface area contributed by atoms with Crippen LogP contribution in [-0.2, 0) is 12.8 Å². The van der Waals surface area contributed by atoms with Crippen LogP contribution in [-0.4, -0.2) is 27.2 Å². The van der Waals surface area contributed by atoms with Gasteiger partial charge in [-0.1, -0.05) is 19.4 Å². The van der Waals surface area contributed by atoms with E-state index in [1.807, 2.05) is 12.1 Å². The molecule has 0 radical (unpaired) electrons. The van der Waals surface area contributed by atoms with Crippen LogP contribution in [0.15, 0.2) is 18.3 Å². The lowest BCUT2D eigenvalue weighted by atomic mass is 10.2. The van der Waals surface area contributed by atoms with Crippen LogP contribution in [0.3, 0.4) is 0 Å². The number of aromatic nitrogens is 3. The van der Waals surface area contributed by atoms with Crippen molar-refractivity contribution in [2.45, 2.75) is 26.2 Å². The molecule has 0 aliphatic carbocycles. The van der Waals surface area contributed by atoms with Crippen LogP contribution in [0, 0.1) is 0 Å². The summed E-state index contributed by atoms with van der Waals surface area (Å²) in [7, 11) is 1.59. The molecule has 0 aliphatic heterocycles. The molecule has 96 valence electrons. The Hall–Kier alpha value is -2.04. The van der Waals surface area contributed by atoms with Gasteiger partial charge in [-0.25, -0.2) is 4.98 Å². The fourth-order valence-electron chi connectivity index (χ4n) is 1.79. The average Bonchev–Trinajstić information content (AvgIpc) is 2.71. The lowest BCUT2D eigenvalue weighted by Gasteiger charge is -2.00. The Morgan fingerprint density at radius 2 is 2.22 bits per heavy atom. The highest BCUT2D eigenvalue weighted by Gasteiger charge is 2.08. The molecule has 2 aromatic rings. The molecule has 0 fully saturated rings. The molecular formula is C13H17N3O2. The first-order valence-electron chi connectivity index (χ1n) is 5.98. The van der Waals surface area contributed by atoms with Gasteiger partial charge in [-0.05, 0) is 12.0 Å². The van der Waals surface area contributed by atoms with Gasteiger partial charge < -0.3 is 14.8 Å². The molecule has 2 heterocycles. The Labute approximate surface area is 106 Å². The van der Waals surface area contributed by atoms with Gasteiger partial charge in [0.15, 0.2) is 0 Å². The van der Waals surface area contributed by atoms with Gasteiger partial charge in [0.2, 0.25) is 11.8 Å². The number of hydrogen-bond acceptors (Lipinski definition) is 4. The zero-order valence-corrected chi connectivity index (χ0v) is 10.6. The van der Waals surface area contributed by atoms with Gasteiger partial charge in [0.05, 0.1) is 12.8 Å². The highest BCUT2D eigenvalue weighted by Crippen LogP contribution is 2.17. The third-order valence-electron chi connectivity index (χ3n) is 2.68. The maximum atomic E-state index is 9.64. The largest absolute Gasteiger partial charge is 0.492 e. The lowest BCUT2D eigenvalue weighted by molar-refractivity contribution is 0.397. The number of rotatable bonds is 5. The zero-order valence-electron chi connectivity index (χ0n) is 10.6. The van der Waals surface area contributed by atoms with E-state index in [0.717, 1.165) is 29.9 Å². The van der Waals surface area contributed by atoms with Gasteiger partial charge in [-0.15, -0.1) is 0 Å². The average molecular weight is 247 g/mol. The molecule has 0 amide bonds. The van der Waals surface area contributed by atoms with Crippen LogP contribution in [0.5, 0.6) is 11.8 Å². The lowest BCUT2D eigenvalue weighted by Crippen LogP contribution is -1.94. The second kappa shape index (κ2) is 5.53. The molecule has 0 aliphatic rings. The van der Waals surface area contributed by atoms with E-state index in [0.29, 0.717) is 12.3 Å². The van der Waals surface area contributed by atoms with Crippen LogP contribution < -0.4 is 4.74 Å². The Balaban J connectivity index is 2.10. The highest BCUT2D eigenvalue weighted by molar-refractivity contribution is 5.25. The summed E-state index contributed by atoms with van der Waals surface area (Å²) in [6, 6.07) is 3.75. The molecule has 0 saturated carbocycles. The second-order valence-electron chi connectivity index (χ2n) is 4.12. The summed E-state index contributed by atoms with van der Waals surface area (Å²) in [6.45, 7) is 2.06. The van der Waals surface area contributed by atoms with Gasteiger partial charge in [0.1, 0.15) is 5.82 Å². The predicted octanol–water partition coefficient (Wildman–Crippen LogP) is 2.06. The van der Waals surface area contributed by atoms with Crippen molar-refractivity contribution in [2.75, 3.05) is 7.11 Å². The summed E-state index contributed by atoms with van der Waals surface area (Å²) in [5.74, 6) is 1.45. The van der Waals surface area contributed by atoms with Crippen molar-refractivity contribution in [3.63, 3.8) is 0 Å². The molecule has 0 spiro atoms. The Kier molecular flexibility index (Phi) is 3.82. The molecule has 0 aromatic carbocycles. The minimum Gasteiger partial charge on any atom is -0.492 e. The first kappa shape index (κ1) is 12.4. The van der Waals surface area contributed by atoms with Crippen LogP contribution in [0.4, 0.5) is 0 Å². The van der Waals surface area contributed by atoms with Crippen LogP contribution >= 0.6 is 0 Å². The highest BCUT2D eigenvalue weighted by atomic mass is 16.5. The number of ether oxygens (including phenoxy) is 1. The van der Waals surface area contributed by atoms with Crippen molar-refractivity contribution in [1.82, 2.24) is 15.0 Å². The SMILES string of the molecule is CCCc1[nH]c(Cc2ccc(OC)nc2)nc1O. The number of methoxy groups -OCH3 is 1. The Morgan fingerprint density at radius 1 is 1.39 bits per heavy atom. The van der Waals surface area contributed by atoms with Gasteiger partial charge >= 0.3 is 0 Å². The number of nitrogens with zero attached hydrogens (tertiary/aromatic N) is 2. The maximum absolute atomic E-state index is 9.64. The topological polar surface area (TPSA) is 71.0 Å². The van der Waals surface area contributed by atoms with E-state index in [2.05, 4.69) is 21.9 Å². The standard InChI is InChI=1S/C13H17N3O2/c1-3-4-10-13(17)16-11(15-10)7-9-5-6-12(18-2)14-8-9/h5-6,8,17H,3-4,7H2,1-2H3,(H,15,16). The molecule has 0 saturated heterocycles. The van der Waals surface area contributed by atoms with E-state index in [1.165, 1.54) is 0 Å². The minimum atomic E-state index is 0.105. The predicted molar refractivity (Wildman–Crippen MR) is 67.8 cm³/mol. The number of hydrogen-bond donors (Lipinski definition) is 2. The molecule has 5 nitrogen and oxygen atoms in total. The van der Waals surface area contributed by atoms with E-state index in [-0.39, 0.29) is 5.88 Å². The van der Waals surface area contributed by atoms with Gasteiger partial charge in [0.25, 0.3) is 0 Å². The van der Waals surface area contributed by atoms with Crippen LogP contribution in [0.25, 0.3) is 0 Å². The van der Waals surface area contributed by atoms with Crippen molar-refractivity contribution in [3.05, 3.63) is 35.4 Å². The summed E-state index contributed by atoms with van der Waals surface area (Å²) in [6.07, 6.45) is 4.14. The summed E-state index contributed by atoms with van der Waals surface area (Å²) >= 11 is 0. The first-order chi connectivity index (χ1) is 8.72. The number of pyridine rings is 1. The Morgan fingerprint density at radius 3 is 2.83 bits per heavy atom. The van der Waals surface area contributed by atoms with Crippen molar-refractivity contribution in [2.24, 2.45) is 0 Å². The third kappa shape index (κ3) is 2.80. The minimum absolute atomic E-state index is 0.105. The normalized spacial score (nSPS) is 10.6. The van der Waals surface area contributed by atoms with Crippen molar-refractivity contribution >= 4 is 0 Å². The van der Waals surface area contributed by atoms with Crippen molar-refractivity contribution in [3.8, 4) is 11.8 Å². The van der Waals surface area contributed by atoms with Crippen LogP contribution in [0.1, 0.15) is 30.4 Å². The number of aromatic amines is 1. The number of nitrogens with one attached hydrogen (secondary N) is 1. The number of H-pyrrole nitrogens is 1. The maximum Gasteiger partial charge on any atom is 0.232 e. The third-order valence-corrected chi connectivity index (χ3v) is 2.68. The molecular weight excluding hydrogens is 230 g/mol. The van der Waals surface area contributed by atoms with Gasteiger partial charge in [-0.2, -0.15) is 4.98 Å². The molecule has 2 rings (SSSR count). The fraction of sp³-hybridized carbons (Fsp3) is 0.385. The quantitative estimate of drug-likeness (QED) is 0.848. The molecule has 2 aromatic heterocycles. The summed E-state index contributed by atoms with van der Waals surface area (Å²) in [4.78, 5) is 11.4. The van der Waals surface area contributed by atoms with Crippen molar-refractivity contribution < 1.29 is 9.84 Å². The zero-order chi connectivity index (χ0) is 13.0. The monoisotopic (exact) mass is 247 g/mol. The molecule has 18 heavy (non-hydrogen) atoms. The van der Waals surface area contributed by atoms with E-state index < -0.39 is 0 Å². The summed E-state index contributed by atoms with van der Waals surface area (Å²) < 4.78 is 5.00. The number of aryl methyl sites for hydroxylation is 1. The molecule has 5 heteroatoms. The second-order valence-corrected chi connectivity index (χ2v) is 4.12. The summed E-state index contributed by atoms with van der Waals surface area (Å²) in [5, 5.41) is 9.64. The van der Waals surface area contributed by atoms with E-state index in [9.17, 15) is 5.11 Å². The van der Waals surface area contributed by atoms with E-state index in [4.69, 9.17) is 4.74 Å². The number of aromatic hydroxyl groups is 1. The van der Waals surface area contributed by atoms with Gasteiger partial charge in [-0.3, -0.25) is 0 Å². The van der Waals surface area contributed by atoms with Crippen LogP contribution in [0.2, 0.25) is 0 Å². The van der Waals surface area contributed by atoms with E-state index >= 15 is 0 Å². The fourth-order valence-corrected chi connectivity index (χ4v) is 1.79.